The van der Waals surface area contributed by atoms with E-state index in [0.29, 0.717) is 0 Å². The van der Waals surface area contributed by atoms with E-state index in [0.717, 1.165) is 18.3 Å². The van der Waals surface area contributed by atoms with Gasteiger partial charge in [-0.25, -0.2) is 4.98 Å². The predicted molar refractivity (Wildman–Crippen MR) is 72.4 cm³/mol. The van der Waals surface area contributed by atoms with Crippen LogP contribution in [0.25, 0.3) is 0 Å². The highest BCUT2D eigenvalue weighted by Crippen LogP contribution is 2.57. The summed E-state index contributed by atoms with van der Waals surface area (Å²) in [6.07, 6.45) is 6.61. The lowest BCUT2D eigenvalue weighted by atomic mass is 9.88. The summed E-state index contributed by atoms with van der Waals surface area (Å²) in [6.45, 7) is 4.43. The number of aryl methyl sites for hydroxylation is 2. The first kappa shape index (κ1) is 11.7. The molecule has 2 fully saturated rings. The molecule has 3 heteroatoms. The highest BCUT2D eigenvalue weighted by atomic mass is 32.1. The van der Waals surface area contributed by atoms with E-state index < -0.39 is 0 Å². The third-order valence-corrected chi connectivity index (χ3v) is 5.60. The van der Waals surface area contributed by atoms with E-state index in [4.69, 9.17) is 4.98 Å². The van der Waals surface area contributed by atoms with Gasteiger partial charge in [0, 0.05) is 4.88 Å². The van der Waals surface area contributed by atoms with Gasteiger partial charge in [-0.2, -0.15) is 0 Å². The normalized spacial score (nSPS) is 20.9. The molecule has 1 N–H and O–H groups in total. The zero-order chi connectivity index (χ0) is 12.0. The fourth-order valence-corrected chi connectivity index (χ4v) is 4.57. The van der Waals surface area contributed by atoms with Gasteiger partial charge in [-0.1, -0.05) is 6.92 Å². The maximum absolute atomic E-state index is 4.95. The molecule has 0 atom stereocenters. The fraction of sp³-hybridized carbons (Fsp3) is 0.786. The molecule has 0 radical (unpaired) electrons. The van der Waals surface area contributed by atoms with Crippen LogP contribution in [0.5, 0.6) is 0 Å². The predicted octanol–water partition coefficient (Wildman–Crippen LogP) is 3.25. The number of nitrogens with one attached hydrogen (secondary N) is 1. The molecule has 0 aromatic carbocycles. The van der Waals surface area contributed by atoms with Gasteiger partial charge in [-0.15, -0.1) is 11.3 Å². The van der Waals surface area contributed by atoms with E-state index in [1.807, 2.05) is 11.3 Å². The minimum Gasteiger partial charge on any atom is -0.308 e. The van der Waals surface area contributed by atoms with Crippen LogP contribution in [0.3, 0.4) is 0 Å². The smallest absolute Gasteiger partial charge is 0.114 e. The van der Waals surface area contributed by atoms with E-state index in [-0.39, 0.29) is 5.54 Å². The van der Waals surface area contributed by atoms with Crippen molar-refractivity contribution in [3.8, 4) is 0 Å². The molecule has 0 bridgehead atoms. The minimum absolute atomic E-state index is 0.225. The molecule has 94 valence electrons. The Morgan fingerprint density at radius 1 is 1.29 bits per heavy atom. The van der Waals surface area contributed by atoms with Gasteiger partial charge >= 0.3 is 0 Å². The highest BCUT2D eigenvalue weighted by molar-refractivity contribution is 7.11. The van der Waals surface area contributed by atoms with Crippen molar-refractivity contribution in [1.29, 1.82) is 0 Å². The molecule has 17 heavy (non-hydrogen) atoms. The van der Waals surface area contributed by atoms with Gasteiger partial charge in [0.1, 0.15) is 5.01 Å². The number of hydrogen-bond donors (Lipinski definition) is 1. The van der Waals surface area contributed by atoms with Crippen LogP contribution in [0.1, 0.15) is 48.2 Å². The molecule has 1 aromatic rings. The summed E-state index contributed by atoms with van der Waals surface area (Å²) in [4.78, 5) is 6.37. The number of nitrogens with zero attached hydrogens (tertiary/aromatic N) is 1. The second-order valence-electron chi connectivity index (χ2n) is 5.54. The summed E-state index contributed by atoms with van der Waals surface area (Å²) in [5, 5.41) is 5.04. The van der Waals surface area contributed by atoms with Crippen LogP contribution in [-0.4, -0.2) is 12.0 Å². The van der Waals surface area contributed by atoms with Crippen molar-refractivity contribution < 1.29 is 0 Å². The molecule has 2 saturated carbocycles. The van der Waals surface area contributed by atoms with E-state index >= 15 is 0 Å². The summed E-state index contributed by atoms with van der Waals surface area (Å²) < 4.78 is 0. The van der Waals surface area contributed by atoms with Crippen LogP contribution in [-0.2, 0) is 12.0 Å². The Balaban J connectivity index is 2.01. The molecule has 2 aliphatic rings. The first-order valence-corrected chi connectivity index (χ1v) is 7.69. The highest BCUT2D eigenvalue weighted by Gasteiger charge is 2.56. The average molecular weight is 250 g/mol. The Morgan fingerprint density at radius 2 is 1.88 bits per heavy atom. The fourth-order valence-electron chi connectivity index (χ4n) is 3.21. The second kappa shape index (κ2) is 4.06. The van der Waals surface area contributed by atoms with Gasteiger partial charge in [-0.3, -0.25) is 0 Å². The lowest BCUT2D eigenvalue weighted by Gasteiger charge is -2.32. The Morgan fingerprint density at radius 3 is 2.24 bits per heavy atom. The lowest BCUT2D eigenvalue weighted by Crippen LogP contribution is -2.44. The van der Waals surface area contributed by atoms with Crippen molar-refractivity contribution in [3.05, 3.63) is 15.6 Å². The minimum atomic E-state index is 0.225. The van der Waals surface area contributed by atoms with E-state index in [1.54, 1.807) is 0 Å². The molecule has 0 spiro atoms. The summed E-state index contributed by atoms with van der Waals surface area (Å²) in [5.74, 6) is 1.69. The van der Waals surface area contributed by atoms with Gasteiger partial charge in [0.05, 0.1) is 11.2 Å². The molecule has 2 nitrogen and oxygen atoms in total. The van der Waals surface area contributed by atoms with Crippen LogP contribution in [0.2, 0.25) is 0 Å². The molecule has 1 heterocycles. The number of thiazole rings is 1. The van der Waals surface area contributed by atoms with Gasteiger partial charge < -0.3 is 5.32 Å². The summed E-state index contributed by atoms with van der Waals surface area (Å²) in [7, 11) is 2.14. The first-order chi connectivity index (χ1) is 8.22. The molecule has 2 aliphatic carbocycles. The Kier molecular flexibility index (Phi) is 2.79. The monoisotopic (exact) mass is 250 g/mol. The summed E-state index contributed by atoms with van der Waals surface area (Å²) in [5.41, 5.74) is 1.54. The van der Waals surface area contributed by atoms with Crippen molar-refractivity contribution in [2.45, 2.75) is 51.5 Å². The van der Waals surface area contributed by atoms with Crippen LogP contribution in [0.4, 0.5) is 0 Å². The van der Waals surface area contributed by atoms with Crippen molar-refractivity contribution in [2.24, 2.45) is 11.8 Å². The van der Waals surface area contributed by atoms with Crippen molar-refractivity contribution >= 4 is 11.3 Å². The molecule has 0 aliphatic heterocycles. The average Bonchev–Trinajstić information content (AvgIpc) is 3.19. The molecular weight excluding hydrogens is 228 g/mol. The Bertz CT molecular complexity index is 404. The number of hydrogen-bond acceptors (Lipinski definition) is 3. The van der Waals surface area contributed by atoms with Crippen molar-refractivity contribution in [2.75, 3.05) is 7.05 Å². The van der Waals surface area contributed by atoms with Gasteiger partial charge in [0.25, 0.3) is 0 Å². The van der Waals surface area contributed by atoms with Gasteiger partial charge in [0.2, 0.25) is 0 Å². The van der Waals surface area contributed by atoms with Gasteiger partial charge in [-0.05, 0) is 57.9 Å². The van der Waals surface area contributed by atoms with E-state index in [9.17, 15) is 0 Å². The van der Waals surface area contributed by atoms with Crippen molar-refractivity contribution in [3.63, 3.8) is 0 Å². The Labute approximate surface area is 108 Å². The zero-order valence-electron chi connectivity index (χ0n) is 11.0. The van der Waals surface area contributed by atoms with Crippen molar-refractivity contribution in [1.82, 2.24) is 10.3 Å². The number of aromatic nitrogens is 1. The molecule has 3 rings (SSSR count). The van der Waals surface area contributed by atoms with E-state index in [2.05, 4.69) is 26.2 Å². The molecule has 0 unspecified atom stereocenters. The second-order valence-corrected chi connectivity index (χ2v) is 6.75. The molecule has 1 aromatic heterocycles. The summed E-state index contributed by atoms with van der Waals surface area (Å²) >= 11 is 1.93. The Hall–Kier alpha value is -0.410. The topological polar surface area (TPSA) is 24.9 Å². The van der Waals surface area contributed by atoms with Crippen LogP contribution >= 0.6 is 11.3 Å². The third-order valence-electron chi connectivity index (χ3n) is 4.44. The lowest BCUT2D eigenvalue weighted by molar-refractivity contribution is 0.264. The maximum Gasteiger partial charge on any atom is 0.114 e. The SMILES string of the molecule is CCc1nc(C(NC)(C2CC2)C2CC2)sc1C. The molecule has 0 saturated heterocycles. The first-order valence-electron chi connectivity index (χ1n) is 6.88. The van der Waals surface area contributed by atoms with Crippen LogP contribution in [0.15, 0.2) is 0 Å². The maximum atomic E-state index is 4.95. The summed E-state index contributed by atoms with van der Waals surface area (Å²) in [6, 6.07) is 0. The zero-order valence-corrected chi connectivity index (χ0v) is 11.9. The molecule has 0 amide bonds. The molecular formula is C14H22N2S. The van der Waals surface area contributed by atoms with Gasteiger partial charge in [0.15, 0.2) is 0 Å². The van der Waals surface area contributed by atoms with Crippen LogP contribution in [0, 0.1) is 18.8 Å². The third kappa shape index (κ3) is 1.75. The van der Waals surface area contributed by atoms with E-state index in [1.165, 1.54) is 41.3 Å². The quantitative estimate of drug-likeness (QED) is 0.867. The standard InChI is InChI=1S/C14H22N2S/c1-4-12-9(2)17-13(16-12)14(15-3,10-5-6-10)11-7-8-11/h10-11,15H,4-8H2,1-3H3. The number of rotatable bonds is 5. The van der Waals surface area contributed by atoms with Crippen LogP contribution < -0.4 is 5.32 Å². The largest absolute Gasteiger partial charge is 0.308 e.